The van der Waals surface area contributed by atoms with Crippen molar-refractivity contribution in [3.63, 3.8) is 0 Å². The Morgan fingerprint density at radius 3 is 3.12 bits per heavy atom. The van der Waals surface area contributed by atoms with Crippen molar-refractivity contribution in [2.45, 2.75) is 30.8 Å². The minimum atomic E-state index is 0.578. The Morgan fingerprint density at radius 2 is 2.38 bits per heavy atom. The molecule has 2 atom stereocenters. The van der Waals surface area contributed by atoms with E-state index in [0.29, 0.717) is 11.5 Å². The number of ether oxygens (including phenoxy) is 1. The third-order valence-corrected chi connectivity index (χ3v) is 3.06. The Kier molecular flexibility index (Phi) is 1.23. The molecule has 0 radical (unpaired) electrons. The summed E-state index contributed by atoms with van der Waals surface area (Å²) in [6.45, 7) is 0. The molecule has 2 aliphatic heterocycles. The third-order valence-electron chi connectivity index (χ3n) is 1.78. The van der Waals surface area contributed by atoms with E-state index in [4.69, 9.17) is 4.74 Å². The second kappa shape index (κ2) is 1.92. The van der Waals surface area contributed by atoms with Gasteiger partial charge in [0.15, 0.2) is 0 Å². The van der Waals surface area contributed by atoms with E-state index in [-0.39, 0.29) is 0 Å². The molecule has 0 saturated carbocycles. The average molecular weight is 130 g/mol. The van der Waals surface area contributed by atoms with Gasteiger partial charge in [0.25, 0.3) is 0 Å². The van der Waals surface area contributed by atoms with Crippen LogP contribution in [0.4, 0.5) is 0 Å². The molecule has 2 heterocycles. The van der Waals surface area contributed by atoms with Crippen LogP contribution in [0.15, 0.2) is 0 Å². The molecule has 8 heavy (non-hydrogen) atoms. The van der Waals surface area contributed by atoms with Crippen LogP contribution in [0, 0.1) is 0 Å². The van der Waals surface area contributed by atoms with E-state index < -0.39 is 0 Å². The summed E-state index contributed by atoms with van der Waals surface area (Å²) in [7, 11) is 0. The zero-order valence-corrected chi connectivity index (χ0v) is 5.62. The van der Waals surface area contributed by atoms with Crippen molar-refractivity contribution < 1.29 is 4.74 Å². The van der Waals surface area contributed by atoms with Crippen LogP contribution in [0.5, 0.6) is 0 Å². The summed E-state index contributed by atoms with van der Waals surface area (Å²) in [6, 6.07) is 0. The second-order valence-electron chi connectivity index (χ2n) is 2.45. The fourth-order valence-corrected chi connectivity index (χ4v) is 2.57. The fourth-order valence-electron chi connectivity index (χ4n) is 1.32. The molecule has 2 unspecified atom stereocenters. The van der Waals surface area contributed by atoms with Crippen molar-refractivity contribution in [2.24, 2.45) is 0 Å². The van der Waals surface area contributed by atoms with Crippen molar-refractivity contribution in [3.05, 3.63) is 0 Å². The van der Waals surface area contributed by atoms with Gasteiger partial charge in [0.05, 0.1) is 6.10 Å². The van der Waals surface area contributed by atoms with Gasteiger partial charge in [-0.25, -0.2) is 0 Å². The first-order valence-corrected chi connectivity index (χ1v) is 4.27. The molecule has 46 valence electrons. The Balaban J connectivity index is 2.03. The molecular formula is C6H10OS. The molecule has 2 rings (SSSR count). The summed E-state index contributed by atoms with van der Waals surface area (Å²) in [5.74, 6) is 1.25. The Labute approximate surface area is 53.8 Å². The van der Waals surface area contributed by atoms with E-state index >= 15 is 0 Å². The van der Waals surface area contributed by atoms with E-state index in [1.165, 1.54) is 25.0 Å². The Hall–Kier alpha value is 0.310. The SMILES string of the molecule is C1CC2CSC(C1)O2. The van der Waals surface area contributed by atoms with E-state index in [2.05, 4.69) is 0 Å². The van der Waals surface area contributed by atoms with Gasteiger partial charge in [-0.2, -0.15) is 0 Å². The highest BCUT2D eigenvalue weighted by Crippen LogP contribution is 2.35. The average Bonchev–Trinajstić information content (AvgIpc) is 2.12. The van der Waals surface area contributed by atoms with E-state index in [9.17, 15) is 0 Å². The van der Waals surface area contributed by atoms with Crippen molar-refractivity contribution in [3.8, 4) is 0 Å². The summed E-state index contributed by atoms with van der Waals surface area (Å²) in [5.41, 5.74) is 0.578. The van der Waals surface area contributed by atoms with Crippen molar-refractivity contribution in [2.75, 3.05) is 5.75 Å². The maximum absolute atomic E-state index is 5.56. The predicted octanol–water partition coefficient (Wildman–Crippen LogP) is 1.63. The number of rotatable bonds is 0. The van der Waals surface area contributed by atoms with Crippen LogP contribution >= 0.6 is 11.8 Å². The molecule has 0 aromatic heterocycles. The van der Waals surface area contributed by atoms with Gasteiger partial charge in [-0.1, -0.05) is 0 Å². The minimum absolute atomic E-state index is 0.578. The van der Waals surface area contributed by atoms with Crippen LogP contribution in [-0.4, -0.2) is 17.3 Å². The van der Waals surface area contributed by atoms with Crippen molar-refractivity contribution in [1.82, 2.24) is 0 Å². The van der Waals surface area contributed by atoms with Crippen LogP contribution in [-0.2, 0) is 4.74 Å². The summed E-state index contributed by atoms with van der Waals surface area (Å²) >= 11 is 1.99. The van der Waals surface area contributed by atoms with Crippen LogP contribution < -0.4 is 0 Å². The Morgan fingerprint density at radius 1 is 1.38 bits per heavy atom. The lowest BCUT2D eigenvalue weighted by atomic mass is 10.1. The zero-order valence-electron chi connectivity index (χ0n) is 4.80. The first-order valence-electron chi connectivity index (χ1n) is 3.22. The van der Waals surface area contributed by atoms with Gasteiger partial charge in [-0.3, -0.25) is 0 Å². The Bertz CT molecular complexity index is 80.5. The molecule has 0 aromatic rings. The molecule has 1 nitrogen and oxygen atoms in total. The summed E-state index contributed by atoms with van der Waals surface area (Å²) in [4.78, 5) is 0. The smallest absolute Gasteiger partial charge is 0.103 e. The number of thioether (sulfide) groups is 1. The molecule has 2 saturated heterocycles. The van der Waals surface area contributed by atoms with Gasteiger partial charge in [0.2, 0.25) is 0 Å². The molecule has 2 fully saturated rings. The van der Waals surface area contributed by atoms with E-state index in [0.717, 1.165) is 0 Å². The molecule has 0 aliphatic carbocycles. The van der Waals surface area contributed by atoms with Crippen LogP contribution in [0.1, 0.15) is 19.3 Å². The van der Waals surface area contributed by atoms with E-state index in [1.807, 2.05) is 11.8 Å². The maximum Gasteiger partial charge on any atom is 0.103 e. The van der Waals surface area contributed by atoms with Gasteiger partial charge in [0, 0.05) is 5.75 Å². The molecule has 2 bridgehead atoms. The molecule has 0 spiro atoms. The van der Waals surface area contributed by atoms with Crippen molar-refractivity contribution >= 4 is 11.8 Å². The van der Waals surface area contributed by atoms with E-state index in [1.54, 1.807) is 0 Å². The summed E-state index contributed by atoms with van der Waals surface area (Å²) in [6.07, 6.45) is 4.62. The van der Waals surface area contributed by atoms with Crippen molar-refractivity contribution in [1.29, 1.82) is 0 Å². The third kappa shape index (κ3) is 0.759. The lowest BCUT2D eigenvalue weighted by Gasteiger charge is -2.17. The maximum atomic E-state index is 5.56. The van der Waals surface area contributed by atoms with Crippen LogP contribution in [0.25, 0.3) is 0 Å². The largest absolute Gasteiger partial charge is 0.364 e. The van der Waals surface area contributed by atoms with Gasteiger partial charge in [-0.05, 0) is 19.3 Å². The lowest BCUT2D eigenvalue weighted by molar-refractivity contribution is 0.0265. The fraction of sp³-hybridized carbons (Fsp3) is 1.00. The molecule has 2 heteroatoms. The molecule has 0 aromatic carbocycles. The first kappa shape index (κ1) is 5.12. The quantitative estimate of drug-likeness (QED) is 0.493. The summed E-state index contributed by atoms with van der Waals surface area (Å²) in [5, 5.41) is 0. The topological polar surface area (TPSA) is 9.23 Å². The molecule has 2 aliphatic rings. The number of hydrogen-bond donors (Lipinski definition) is 0. The van der Waals surface area contributed by atoms with Gasteiger partial charge < -0.3 is 4.74 Å². The number of fused-ring (bicyclic) bond motifs is 2. The second-order valence-corrected chi connectivity index (χ2v) is 3.64. The lowest BCUT2D eigenvalue weighted by Crippen LogP contribution is -2.17. The molecule has 0 amide bonds. The standard InChI is InChI=1S/C6H10OS/c1-2-5-4-8-6(3-1)7-5/h5-6H,1-4H2. The van der Waals surface area contributed by atoms with Gasteiger partial charge in [0.1, 0.15) is 5.44 Å². The van der Waals surface area contributed by atoms with Gasteiger partial charge >= 0.3 is 0 Å². The number of hydrogen-bond acceptors (Lipinski definition) is 2. The normalized spacial score (nSPS) is 45.0. The highest BCUT2D eigenvalue weighted by atomic mass is 32.2. The van der Waals surface area contributed by atoms with Crippen LogP contribution in [0.3, 0.4) is 0 Å². The summed E-state index contributed by atoms with van der Waals surface area (Å²) < 4.78 is 5.56. The zero-order chi connectivity index (χ0) is 5.40. The van der Waals surface area contributed by atoms with Crippen LogP contribution in [0.2, 0.25) is 0 Å². The highest BCUT2D eigenvalue weighted by molar-refractivity contribution is 8.00. The highest BCUT2D eigenvalue weighted by Gasteiger charge is 2.29. The molecule has 0 N–H and O–H groups in total. The predicted molar refractivity (Wildman–Crippen MR) is 35.0 cm³/mol. The van der Waals surface area contributed by atoms with Gasteiger partial charge in [-0.15, -0.1) is 11.8 Å². The monoisotopic (exact) mass is 130 g/mol. The first-order chi connectivity index (χ1) is 3.95. The molecular weight excluding hydrogens is 120 g/mol. The minimum Gasteiger partial charge on any atom is -0.364 e.